The van der Waals surface area contributed by atoms with Gasteiger partial charge in [0.15, 0.2) is 0 Å². The van der Waals surface area contributed by atoms with Crippen molar-refractivity contribution in [3.63, 3.8) is 0 Å². The minimum absolute atomic E-state index is 0.102. The van der Waals surface area contributed by atoms with E-state index in [0.717, 1.165) is 6.42 Å². The van der Waals surface area contributed by atoms with Crippen LogP contribution in [0.2, 0.25) is 0 Å². The Hall–Kier alpha value is -1.26. The van der Waals surface area contributed by atoms with Crippen LogP contribution >= 0.6 is 0 Å². The molecule has 2 heterocycles. The van der Waals surface area contributed by atoms with Crippen LogP contribution < -0.4 is 5.32 Å². The zero-order chi connectivity index (χ0) is 12.7. The molecular formula is C12H20N2O3. The van der Waals surface area contributed by atoms with Crippen molar-refractivity contribution in [2.75, 3.05) is 19.6 Å². The number of piperidine rings is 1. The van der Waals surface area contributed by atoms with Crippen molar-refractivity contribution < 1.29 is 14.3 Å². The van der Waals surface area contributed by atoms with Gasteiger partial charge in [-0.05, 0) is 27.2 Å². The second kappa shape index (κ2) is 3.89. The first kappa shape index (κ1) is 12.2. The number of ether oxygens (including phenoxy) is 1. The Morgan fingerprint density at radius 3 is 2.53 bits per heavy atom. The normalized spacial score (nSPS) is 23.0. The van der Waals surface area contributed by atoms with Gasteiger partial charge in [-0.2, -0.15) is 0 Å². The summed E-state index contributed by atoms with van der Waals surface area (Å²) in [7, 11) is 0. The molecule has 0 aromatic heterocycles. The fraction of sp³-hybridized carbons (Fsp3) is 0.833. The van der Waals surface area contributed by atoms with Crippen LogP contribution in [-0.2, 0) is 9.53 Å². The third-order valence-electron chi connectivity index (χ3n) is 3.25. The molecule has 0 aliphatic carbocycles. The zero-order valence-corrected chi connectivity index (χ0v) is 10.7. The Kier molecular flexibility index (Phi) is 2.79. The van der Waals surface area contributed by atoms with E-state index in [9.17, 15) is 9.59 Å². The number of amides is 2. The lowest BCUT2D eigenvalue weighted by Gasteiger charge is -2.51. The predicted octanol–water partition coefficient (Wildman–Crippen LogP) is 1.13. The van der Waals surface area contributed by atoms with Crippen molar-refractivity contribution in [3.05, 3.63) is 0 Å². The van der Waals surface area contributed by atoms with Crippen molar-refractivity contribution in [1.29, 1.82) is 0 Å². The van der Waals surface area contributed by atoms with E-state index in [1.165, 1.54) is 0 Å². The maximum absolute atomic E-state index is 11.7. The molecule has 96 valence electrons. The van der Waals surface area contributed by atoms with Crippen molar-refractivity contribution in [2.45, 2.75) is 39.2 Å². The molecule has 0 aromatic rings. The van der Waals surface area contributed by atoms with E-state index < -0.39 is 5.60 Å². The summed E-state index contributed by atoms with van der Waals surface area (Å²) in [6, 6.07) is 0. The summed E-state index contributed by atoms with van der Waals surface area (Å²) >= 11 is 0. The Labute approximate surface area is 101 Å². The number of rotatable bonds is 0. The standard InChI is InChI=1S/C12H20N2O3/c1-11(2,3)17-10(16)14-7-12(8-14)5-4-9(15)13-6-12/h4-8H2,1-3H3,(H,13,15). The molecule has 0 atom stereocenters. The summed E-state index contributed by atoms with van der Waals surface area (Å²) in [6.45, 7) is 7.67. The van der Waals surface area contributed by atoms with E-state index in [4.69, 9.17) is 4.74 Å². The highest BCUT2D eigenvalue weighted by Gasteiger charge is 2.48. The lowest BCUT2D eigenvalue weighted by atomic mass is 9.74. The van der Waals surface area contributed by atoms with Crippen molar-refractivity contribution in [1.82, 2.24) is 10.2 Å². The SMILES string of the molecule is CC(C)(C)OC(=O)N1CC2(CCC(=O)NC2)C1. The van der Waals surface area contributed by atoms with Gasteiger partial charge in [0.2, 0.25) is 5.91 Å². The maximum Gasteiger partial charge on any atom is 0.410 e. The predicted molar refractivity (Wildman–Crippen MR) is 62.5 cm³/mol. The molecule has 17 heavy (non-hydrogen) atoms. The van der Waals surface area contributed by atoms with Crippen LogP contribution in [0.5, 0.6) is 0 Å². The molecule has 2 saturated heterocycles. The zero-order valence-electron chi connectivity index (χ0n) is 10.7. The van der Waals surface area contributed by atoms with E-state index in [1.807, 2.05) is 20.8 Å². The molecule has 5 nitrogen and oxygen atoms in total. The minimum Gasteiger partial charge on any atom is -0.444 e. The van der Waals surface area contributed by atoms with Crippen LogP contribution in [0.4, 0.5) is 4.79 Å². The molecule has 0 aromatic carbocycles. The monoisotopic (exact) mass is 240 g/mol. The number of carbonyl (C=O) groups is 2. The summed E-state index contributed by atoms with van der Waals surface area (Å²) in [4.78, 5) is 24.5. The number of hydrogen-bond acceptors (Lipinski definition) is 3. The Morgan fingerprint density at radius 2 is 2.06 bits per heavy atom. The molecule has 0 saturated carbocycles. The van der Waals surface area contributed by atoms with Gasteiger partial charge in [-0.25, -0.2) is 4.79 Å². The maximum atomic E-state index is 11.7. The van der Waals surface area contributed by atoms with Crippen LogP contribution in [0.25, 0.3) is 0 Å². The summed E-state index contributed by atoms with van der Waals surface area (Å²) in [5.41, 5.74) is -0.342. The fourth-order valence-corrected chi connectivity index (χ4v) is 2.33. The van der Waals surface area contributed by atoms with Gasteiger partial charge in [0.1, 0.15) is 5.60 Å². The molecule has 0 radical (unpaired) electrons. The van der Waals surface area contributed by atoms with Gasteiger partial charge < -0.3 is 15.0 Å². The average molecular weight is 240 g/mol. The number of carbonyl (C=O) groups excluding carboxylic acids is 2. The lowest BCUT2D eigenvalue weighted by Crippen LogP contribution is -2.64. The molecule has 2 aliphatic rings. The van der Waals surface area contributed by atoms with Crippen LogP contribution in [0.15, 0.2) is 0 Å². The molecule has 0 bridgehead atoms. The smallest absolute Gasteiger partial charge is 0.410 e. The Bertz CT molecular complexity index is 328. The highest BCUT2D eigenvalue weighted by molar-refractivity contribution is 5.77. The molecule has 2 rings (SSSR count). The van der Waals surface area contributed by atoms with Gasteiger partial charge in [-0.3, -0.25) is 4.79 Å². The molecular weight excluding hydrogens is 220 g/mol. The fourth-order valence-electron chi connectivity index (χ4n) is 2.33. The van der Waals surface area contributed by atoms with Crippen molar-refractivity contribution in [3.8, 4) is 0 Å². The number of hydrogen-bond donors (Lipinski definition) is 1. The Morgan fingerprint density at radius 1 is 1.41 bits per heavy atom. The topological polar surface area (TPSA) is 58.6 Å². The van der Waals surface area contributed by atoms with E-state index in [0.29, 0.717) is 26.1 Å². The quantitative estimate of drug-likeness (QED) is 0.690. The van der Waals surface area contributed by atoms with Gasteiger partial charge in [0.05, 0.1) is 0 Å². The summed E-state index contributed by atoms with van der Waals surface area (Å²) in [6.07, 6.45) is 1.19. The lowest BCUT2D eigenvalue weighted by molar-refractivity contribution is -0.127. The first-order chi connectivity index (χ1) is 7.80. The molecule has 0 unspecified atom stereocenters. The third-order valence-corrected chi connectivity index (χ3v) is 3.25. The minimum atomic E-state index is -0.444. The summed E-state index contributed by atoms with van der Waals surface area (Å²) < 4.78 is 5.30. The van der Waals surface area contributed by atoms with E-state index >= 15 is 0 Å². The van der Waals surface area contributed by atoms with E-state index in [-0.39, 0.29) is 17.4 Å². The molecule has 2 amide bonds. The Balaban J connectivity index is 1.82. The van der Waals surface area contributed by atoms with E-state index in [2.05, 4.69) is 5.32 Å². The third kappa shape index (κ3) is 2.70. The van der Waals surface area contributed by atoms with Crippen molar-refractivity contribution >= 4 is 12.0 Å². The van der Waals surface area contributed by atoms with Crippen LogP contribution in [0.3, 0.4) is 0 Å². The molecule has 2 fully saturated rings. The molecule has 1 spiro atoms. The summed E-state index contributed by atoms with van der Waals surface area (Å²) in [5, 5.41) is 2.86. The van der Waals surface area contributed by atoms with Crippen LogP contribution in [-0.4, -0.2) is 42.1 Å². The van der Waals surface area contributed by atoms with Gasteiger partial charge in [-0.1, -0.05) is 0 Å². The molecule has 1 N–H and O–H groups in total. The van der Waals surface area contributed by atoms with Gasteiger partial charge in [0.25, 0.3) is 0 Å². The first-order valence-electron chi connectivity index (χ1n) is 6.04. The van der Waals surface area contributed by atoms with Gasteiger partial charge in [0, 0.05) is 31.5 Å². The van der Waals surface area contributed by atoms with Gasteiger partial charge in [-0.15, -0.1) is 0 Å². The molecule has 5 heteroatoms. The van der Waals surface area contributed by atoms with Crippen LogP contribution in [0, 0.1) is 5.41 Å². The number of nitrogens with zero attached hydrogens (tertiary/aromatic N) is 1. The molecule has 2 aliphatic heterocycles. The summed E-state index contributed by atoms with van der Waals surface area (Å²) in [5.74, 6) is 0.117. The highest BCUT2D eigenvalue weighted by Crippen LogP contribution is 2.37. The second-order valence-electron chi connectivity index (χ2n) is 6.11. The number of likely N-dealkylation sites (tertiary alicyclic amines) is 1. The average Bonchev–Trinajstić information content (AvgIpc) is 2.13. The second-order valence-corrected chi connectivity index (χ2v) is 6.11. The van der Waals surface area contributed by atoms with E-state index in [1.54, 1.807) is 4.90 Å². The largest absolute Gasteiger partial charge is 0.444 e. The number of nitrogens with one attached hydrogen (secondary N) is 1. The first-order valence-corrected chi connectivity index (χ1v) is 6.04. The van der Waals surface area contributed by atoms with Crippen LogP contribution in [0.1, 0.15) is 33.6 Å². The van der Waals surface area contributed by atoms with Crippen molar-refractivity contribution in [2.24, 2.45) is 5.41 Å². The van der Waals surface area contributed by atoms with Gasteiger partial charge >= 0.3 is 6.09 Å². The highest BCUT2D eigenvalue weighted by atomic mass is 16.6.